The second-order valence-corrected chi connectivity index (χ2v) is 6.83. The minimum absolute atomic E-state index is 0.466. The zero-order valence-corrected chi connectivity index (χ0v) is 11.7. The number of nitrogens with two attached hydrogens (primary N) is 1. The molecule has 2 saturated heterocycles. The van der Waals surface area contributed by atoms with Gasteiger partial charge in [0.2, 0.25) is 0 Å². The van der Waals surface area contributed by atoms with Crippen LogP contribution < -0.4 is 5.73 Å². The van der Waals surface area contributed by atoms with Gasteiger partial charge in [0.25, 0.3) is 0 Å². The van der Waals surface area contributed by atoms with Crippen LogP contribution in [0.4, 0.5) is 0 Å². The predicted octanol–water partition coefficient (Wildman–Crippen LogP) is 1.68. The van der Waals surface area contributed by atoms with E-state index in [1.165, 1.54) is 77.7 Å². The molecule has 3 aliphatic rings. The van der Waals surface area contributed by atoms with Crippen molar-refractivity contribution in [3.8, 4) is 0 Å². The van der Waals surface area contributed by atoms with Crippen molar-refractivity contribution in [2.24, 2.45) is 11.1 Å². The maximum absolute atomic E-state index is 6.09. The Labute approximate surface area is 112 Å². The molecule has 104 valence electrons. The average Bonchev–Trinajstić information content (AvgIpc) is 2.97. The Balaban J connectivity index is 1.61. The SMILES string of the molecule is NCC1(CN2CCCN3CCCC3C2)CCCC1. The molecule has 0 spiro atoms. The van der Waals surface area contributed by atoms with Crippen molar-refractivity contribution in [1.29, 1.82) is 0 Å². The zero-order chi connectivity index (χ0) is 12.4. The summed E-state index contributed by atoms with van der Waals surface area (Å²) in [6, 6.07) is 0.851. The Kier molecular flexibility index (Phi) is 3.92. The summed E-state index contributed by atoms with van der Waals surface area (Å²) < 4.78 is 0. The van der Waals surface area contributed by atoms with Crippen LogP contribution in [0.2, 0.25) is 0 Å². The van der Waals surface area contributed by atoms with Crippen LogP contribution in [0.3, 0.4) is 0 Å². The second-order valence-electron chi connectivity index (χ2n) is 6.83. The van der Waals surface area contributed by atoms with Crippen molar-refractivity contribution in [3.63, 3.8) is 0 Å². The van der Waals surface area contributed by atoms with Gasteiger partial charge in [-0.25, -0.2) is 0 Å². The monoisotopic (exact) mass is 251 g/mol. The molecule has 3 rings (SSSR count). The Hall–Kier alpha value is -0.120. The lowest BCUT2D eigenvalue weighted by Crippen LogP contribution is -2.44. The van der Waals surface area contributed by atoms with Gasteiger partial charge in [-0.05, 0) is 63.7 Å². The van der Waals surface area contributed by atoms with Crippen LogP contribution in [0.15, 0.2) is 0 Å². The topological polar surface area (TPSA) is 32.5 Å². The lowest BCUT2D eigenvalue weighted by molar-refractivity contribution is 0.145. The van der Waals surface area contributed by atoms with Crippen LogP contribution in [0.5, 0.6) is 0 Å². The highest BCUT2D eigenvalue weighted by Gasteiger charge is 2.36. The summed E-state index contributed by atoms with van der Waals surface area (Å²) >= 11 is 0. The van der Waals surface area contributed by atoms with Crippen LogP contribution in [0.25, 0.3) is 0 Å². The molecule has 0 radical (unpaired) electrons. The van der Waals surface area contributed by atoms with E-state index in [9.17, 15) is 0 Å². The molecule has 3 fully saturated rings. The van der Waals surface area contributed by atoms with Crippen LogP contribution >= 0.6 is 0 Å². The molecule has 18 heavy (non-hydrogen) atoms. The van der Waals surface area contributed by atoms with Gasteiger partial charge in [-0.3, -0.25) is 4.90 Å². The van der Waals surface area contributed by atoms with Gasteiger partial charge in [-0.1, -0.05) is 12.8 Å². The van der Waals surface area contributed by atoms with E-state index in [0.29, 0.717) is 5.41 Å². The largest absolute Gasteiger partial charge is 0.330 e. The Morgan fingerprint density at radius 3 is 2.56 bits per heavy atom. The van der Waals surface area contributed by atoms with E-state index in [2.05, 4.69) is 9.80 Å². The number of rotatable bonds is 3. The molecule has 0 amide bonds. The number of hydrogen-bond donors (Lipinski definition) is 1. The van der Waals surface area contributed by atoms with Crippen molar-refractivity contribution < 1.29 is 0 Å². The number of fused-ring (bicyclic) bond motifs is 1. The molecular weight excluding hydrogens is 222 g/mol. The van der Waals surface area contributed by atoms with E-state index in [1.807, 2.05) is 0 Å². The average molecular weight is 251 g/mol. The summed E-state index contributed by atoms with van der Waals surface area (Å²) in [7, 11) is 0. The minimum Gasteiger partial charge on any atom is -0.330 e. The third kappa shape index (κ3) is 2.59. The lowest BCUT2D eigenvalue weighted by Gasteiger charge is -2.35. The zero-order valence-electron chi connectivity index (χ0n) is 11.7. The summed E-state index contributed by atoms with van der Waals surface area (Å²) in [6.45, 7) is 7.46. The van der Waals surface area contributed by atoms with Gasteiger partial charge in [-0.2, -0.15) is 0 Å². The molecule has 1 atom stereocenters. The van der Waals surface area contributed by atoms with Crippen LogP contribution in [-0.4, -0.2) is 55.1 Å². The van der Waals surface area contributed by atoms with E-state index in [4.69, 9.17) is 5.73 Å². The molecule has 3 nitrogen and oxygen atoms in total. The molecule has 0 aromatic heterocycles. The second kappa shape index (κ2) is 5.48. The van der Waals surface area contributed by atoms with Crippen molar-refractivity contribution in [3.05, 3.63) is 0 Å². The van der Waals surface area contributed by atoms with Crippen LogP contribution in [0, 0.1) is 5.41 Å². The van der Waals surface area contributed by atoms with Gasteiger partial charge < -0.3 is 10.6 Å². The first-order valence-electron chi connectivity index (χ1n) is 7.98. The highest BCUT2D eigenvalue weighted by Crippen LogP contribution is 2.38. The molecule has 0 aromatic carbocycles. The molecule has 1 aliphatic carbocycles. The van der Waals surface area contributed by atoms with Crippen molar-refractivity contribution in [2.75, 3.05) is 39.3 Å². The first kappa shape index (κ1) is 12.9. The maximum Gasteiger partial charge on any atom is 0.0223 e. The van der Waals surface area contributed by atoms with Crippen LogP contribution in [0.1, 0.15) is 44.9 Å². The lowest BCUT2D eigenvalue weighted by atomic mass is 9.85. The molecule has 2 N–H and O–H groups in total. The van der Waals surface area contributed by atoms with E-state index < -0.39 is 0 Å². The highest BCUT2D eigenvalue weighted by atomic mass is 15.3. The summed E-state index contributed by atoms with van der Waals surface area (Å²) in [5, 5.41) is 0. The first-order chi connectivity index (χ1) is 8.81. The van der Waals surface area contributed by atoms with Gasteiger partial charge >= 0.3 is 0 Å². The van der Waals surface area contributed by atoms with Gasteiger partial charge in [0.05, 0.1) is 0 Å². The molecule has 0 aromatic rings. The smallest absolute Gasteiger partial charge is 0.0223 e. The third-order valence-corrected chi connectivity index (χ3v) is 5.54. The van der Waals surface area contributed by atoms with E-state index in [1.54, 1.807) is 0 Å². The fraction of sp³-hybridized carbons (Fsp3) is 1.00. The minimum atomic E-state index is 0.466. The normalized spacial score (nSPS) is 33.5. The van der Waals surface area contributed by atoms with Crippen LogP contribution in [-0.2, 0) is 0 Å². The van der Waals surface area contributed by atoms with E-state index in [0.717, 1.165) is 12.6 Å². The summed E-state index contributed by atoms with van der Waals surface area (Å²) in [6.07, 6.45) is 9.74. The number of nitrogens with zero attached hydrogens (tertiary/aromatic N) is 2. The molecule has 1 saturated carbocycles. The molecule has 2 heterocycles. The molecule has 2 aliphatic heterocycles. The van der Waals surface area contributed by atoms with Gasteiger partial charge in [-0.15, -0.1) is 0 Å². The van der Waals surface area contributed by atoms with Gasteiger partial charge in [0.1, 0.15) is 0 Å². The summed E-state index contributed by atoms with van der Waals surface area (Å²) in [5.74, 6) is 0. The van der Waals surface area contributed by atoms with E-state index >= 15 is 0 Å². The Morgan fingerprint density at radius 1 is 1.00 bits per heavy atom. The summed E-state index contributed by atoms with van der Waals surface area (Å²) in [4.78, 5) is 5.47. The maximum atomic E-state index is 6.09. The Morgan fingerprint density at radius 2 is 1.78 bits per heavy atom. The number of hydrogen-bond acceptors (Lipinski definition) is 3. The molecule has 0 bridgehead atoms. The van der Waals surface area contributed by atoms with Gasteiger partial charge in [0, 0.05) is 19.1 Å². The van der Waals surface area contributed by atoms with E-state index in [-0.39, 0.29) is 0 Å². The summed E-state index contributed by atoms with van der Waals surface area (Å²) in [5.41, 5.74) is 6.56. The molecule has 3 heteroatoms. The molecule has 1 unspecified atom stereocenters. The van der Waals surface area contributed by atoms with Crippen molar-refractivity contribution in [1.82, 2.24) is 9.80 Å². The fourth-order valence-corrected chi connectivity index (χ4v) is 4.45. The predicted molar refractivity (Wildman–Crippen MR) is 75.6 cm³/mol. The fourth-order valence-electron chi connectivity index (χ4n) is 4.45. The standard InChI is InChI=1S/C15H29N3/c16-12-15(6-1-2-7-15)13-17-8-4-10-18-9-3-5-14(18)11-17/h14H,1-13,16H2. The first-order valence-corrected chi connectivity index (χ1v) is 7.98. The highest BCUT2D eigenvalue weighted by molar-refractivity contribution is 4.91. The third-order valence-electron chi connectivity index (χ3n) is 5.54. The van der Waals surface area contributed by atoms with Gasteiger partial charge in [0.15, 0.2) is 0 Å². The van der Waals surface area contributed by atoms with Crippen molar-refractivity contribution >= 4 is 0 Å². The van der Waals surface area contributed by atoms with Crippen molar-refractivity contribution in [2.45, 2.75) is 51.0 Å². The quantitative estimate of drug-likeness (QED) is 0.828. The molecular formula is C15H29N3. The Bertz CT molecular complexity index is 273.